The SMILES string of the molecule is CC(CC(=O)O)N1CCN(c2cc(Nc3ncc(C#N)s3)ncn2)CC1. The van der Waals surface area contributed by atoms with Gasteiger partial charge in [0.25, 0.3) is 0 Å². The van der Waals surface area contributed by atoms with Gasteiger partial charge in [-0.25, -0.2) is 15.0 Å². The minimum Gasteiger partial charge on any atom is -0.481 e. The van der Waals surface area contributed by atoms with Gasteiger partial charge in [0.15, 0.2) is 5.13 Å². The van der Waals surface area contributed by atoms with Gasteiger partial charge in [-0.3, -0.25) is 9.69 Å². The van der Waals surface area contributed by atoms with Crippen molar-refractivity contribution in [2.45, 2.75) is 19.4 Å². The van der Waals surface area contributed by atoms with E-state index in [4.69, 9.17) is 10.4 Å². The molecule has 0 aromatic carbocycles. The van der Waals surface area contributed by atoms with Gasteiger partial charge in [0.1, 0.15) is 28.9 Å². The number of piperazine rings is 1. The number of carbonyl (C=O) groups is 1. The number of anilines is 3. The van der Waals surface area contributed by atoms with Crippen LogP contribution in [0.2, 0.25) is 0 Å². The van der Waals surface area contributed by atoms with E-state index in [0.29, 0.717) is 15.8 Å². The molecule has 10 heteroatoms. The first kappa shape index (κ1) is 18.0. The highest BCUT2D eigenvalue weighted by molar-refractivity contribution is 7.16. The average molecular weight is 373 g/mol. The molecular weight excluding hydrogens is 354 g/mol. The summed E-state index contributed by atoms with van der Waals surface area (Å²) >= 11 is 1.27. The Morgan fingerprint density at radius 2 is 2.15 bits per heavy atom. The van der Waals surface area contributed by atoms with Crippen molar-refractivity contribution < 1.29 is 9.90 Å². The Hall–Kier alpha value is -2.77. The molecule has 0 aliphatic carbocycles. The third-order valence-corrected chi connectivity index (χ3v) is 5.05. The Balaban J connectivity index is 1.60. The van der Waals surface area contributed by atoms with Crippen LogP contribution in [0.4, 0.5) is 16.8 Å². The Kier molecular flexibility index (Phi) is 5.60. The monoisotopic (exact) mass is 373 g/mol. The average Bonchev–Trinajstić information content (AvgIpc) is 3.09. The lowest BCUT2D eigenvalue weighted by Gasteiger charge is -2.38. The van der Waals surface area contributed by atoms with E-state index in [2.05, 4.69) is 36.1 Å². The summed E-state index contributed by atoms with van der Waals surface area (Å²) in [6.45, 7) is 5.07. The van der Waals surface area contributed by atoms with E-state index in [1.807, 2.05) is 13.0 Å². The van der Waals surface area contributed by atoms with Crippen LogP contribution in [0.3, 0.4) is 0 Å². The second-order valence-electron chi connectivity index (χ2n) is 6.00. The number of carboxylic acids is 1. The molecule has 1 aliphatic heterocycles. The van der Waals surface area contributed by atoms with Crippen molar-refractivity contribution in [3.63, 3.8) is 0 Å². The molecule has 2 aromatic heterocycles. The van der Waals surface area contributed by atoms with Crippen molar-refractivity contribution in [3.05, 3.63) is 23.5 Å². The molecule has 1 fully saturated rings. The van der Waals surface area contributed by atoms with Gasteiger partial charge in [0, 0.05) is 38.3 Å². The van der Waals surface area contributed by atoms with Gasteiger partial charge in [-0.2, -0.15) is 5.26 Å². The summed E-state index contributed by atoms with van der Waals surface area (Å²) in [7, 11) is 0. The molecular formula is C16H19N7O2S. The van der Waals surface area contributed by atoms with E-state index < -0.39 is 5.97 Å². The van der Waals surface area contributed by atoms with Gasteiger partial charge in [-0.05, 0) is 6.92 Å². The van der Waals surface area contributed by atoms with Crippen molar-refractivity contribution in [2.24, 2.45) is 0 Å². The maximum Gasteiger partial charge on any atom is 0.304 e. The first-order valence-corrected chi connectivity index (χ1v) is 9.02. The second kappa shape index (κ2) is 8.07. The fourth-order valence-corrected chi connectivity index (χ4v) is 3.48. The maximum absolute atomic E-state index is 10.9. The van der Waals surface area contributed by atoms with E-state index in [0.717, 1.165) is 32.0 Å². The number of thiazole rings is 1. The van der Waals surface area contributed by atoms with Crippen LogP contribution < -0.4 is 10.2 Å². The summed E-state index contributed by atoms with van der Waals surface area (Å²) in [5.74, 6) is 0.661. The predicted octanol–water partition coefficient (Wildman–Crippen LogP) is 1.53. The number of hydrogen-bond acceptors (Lipinski definition) is 9. The zero-order chi connectivity index (χ0) is 18.5. The van der Waals surface area contributed by atoms with Crippen LogP contribution in [0, 0.1) is 11.3 Å². The van der Waals surface area contributed by atoms with Gasteiger partial charge in [-0.1, -0.05) is 11.3 Å². The second-order valence-corrected chi connectivity index (χ2v) is 7.03. The van der Waals surface area contributed by atoms with Crippen LogP contribution >= 0.6 is 11.3 Å². The molecule has 0 saturated carbocycles. The quantitative estimate of drug-likeness (QED) is 0.777. The molecule has 1 saturated heterocycles. The molecule has 1 unspecified atom stereocenters. The number of rotatable bonds is 6. The summed E-state index contributed by atoms with van der Waals surface area (Å²) in [6.07, 6.45) is 3.17. The normalized spacial score (nSPS) is 16.1. The van der Waals surface area contributed by atoms with E-state index in [9.17, 15) is 4.79 Å². The molecule has 0 bridgehead atoms. The molecule has 0 radical (unpaired) electrons. The highest BCUT2D eigenvalue weighted by Crippen LogP contribution is 2.23. The zero-order valence-corrected chi connectivity index (χ0v) is 15.1. The van der Waals surface area contributed by atoms with Crippen molar-refractivity contribution in [3.8, 4) is 6.07 Å². The van der Waals surface area contributed by atoms with Crippen molar-refractivity contribution in [1.82, 2.24) is 19.9 Å². The molecule has 26 heavy (non-hydrogen) atoms. The molecule has 3 rings (SSSR count). The van der Waals surface area contributed by atoms with Crippen LogP contribution in [0.15, 0.2) is 18.6 Å². The number of nitrogens with zero attached hydrogens (tertiary/aromatic N) is 6. The van der Waals surface area contributed by atoms with Crippen molar-refractivity contribution >= 4 is 34.1 Å². The van der Waals surface area contributed by atoms with Gasteiger partial charge < -0.3 is 15.3 Å². The van der Waals surface area contributed by atoms with Crippen LogP contribution in [0.5, 0.6) is 0 Å². The number of nitrogens with one attached hydrogen (secondary N) is 1. The molecule has 136 valence electrons. The standard InChI is InChI=1S/C16H19N7O2S/c1-11(6-15(24)25)22-2-4-23(5-3-22)14-7-13(19-10-20-14)21-16-18-9-12(8-17)26-16/h7,9-11H,2-6H2,1H3,(H,24,25)(H,18,19,20,21). The first-order valence-electron chi connectivity index (χ1n) is 8.21. The topological polar surface area (TPSA) is 118 Å². The first-order chi connectivity index (χ1) is 12.5. The minimum absolute atomic E-state index is 0.0245. The number of hydrogen-bond donors (Lipinski definition) is 2. The molecule has 2 N–H and O–H groups in total. The van der Waals surface area contributed by atoms with Crippen LogP contribution in [-0.2, 0) is 4.79 Å². The number of aromatic nitrogens is 3. The lowest BCUT2D eigenvalue weighted by Crippen LogP contribution is -2.50. The largest absolute Gasteiger partial charge is 0.481 e. The highest BCUT2D eigenvalue weighted by atomic mass is 32.1. The van der Waals surface area contributed by atoms with Gasteiger partial charge in [0.2, 0.25) is 0 Å². The lowest BCUT2D eigenvalue weighted by molar-refractivity contribution is -0.138. The highest BCUT2D eigenvalue weighted by Gasteiger charge is 2.23. The van der Waals surface area contributed by atoms with Gasteiger partial charge >= 0.3 is 5.97 Å². The number of nitriles is 1. The number of aliphatic carboxylic acids is 1. The molecule has 2 aromatic rings. The summed E-state index contributed by atoms with van der Waals surface area (Å²) in [5, 5.41) is 21.5. The zero-order valence-electron chi connectivity index (χ0n) is 14.3. The molecule has 1 aliphatic rings. The van der Waals surface area contributed by atoms with Crippen LogP contribution in [0.25, 0.3) is 0 Å². The van der Waals surface area contributed by atoms with E-state index >= 15 is 0 Å². The predicted molar refractivity (Wildman–Crippen MR) is 97.6 cm³/mol. The Morgan fingerprint density at radius 1 is 1.38 bits per heavy atom. The smallest absolute Gasteiger partial charge is 0.304 e. The minimum atomic E-state index is -0.770. The molecule has 0 amide bonds. The Morgan fingerprint density at radius 3 is 2.81 bits per heavy atom. The van der Waals surface area contributed by atoms with Gasteiger partial charge in [0.05, 0.1) is 12.6 Å². The van der Waals surface area contributed by atoms with Crippen molar-refractivity contribution in [1.29, 1.82) is 5.26 Å². The van der Waals surface area contributed by atoms with E-state index in [1.165, 1.54) is 23.9 Å². The van der Waals surface area contributed by atoms with Crippen LogP contribution in [-0.4, -0.2) is 63.1 Å². The third kappa shape index (κ3) is 4.44. The number of carboxylic acid groups (broad SMARTS) is 1. The lowest BCUT2D eigenvalue weighted by atomic mass is 10.1. The van der Waals surface area contributed by atoms with E-state index in [-0.39, 0.29) is 12.5 Å². The molecule has 0 spiro atoms. The Bertz CT molecular complexity index is 811. The maximum atomic E-state index is 10.9. The van der Waals surface area contributed by atoms with Gasteiger partial charge in [-0.15, -0.1) is 0 Å². The molecule has 3 heterocycles. The Labute approximate surface area is 154 Å². The van der Waals surface area contributed by atoms with Crippen LogP contribution in [0.1, 0.15) is 18.2 Å². The molecule has 9 nitrogen and oxygen atoms in total. The summed E-state index contributed by atoms with van der Waals surface area (Å²) in [6, 6.07) is 3.93. The summed E-state index contributed by atoms with van der Waals surface area (Å²) in [5.41, 5.74) is 0. The van der Waals surface area contributed by atoms with Crippen molar-refractivity contribution in [2.75, 3.05) is 36.4 Å². The van der Waals surface area contributed by atoms with E-state index in [1.54, 1.807) is 0 Å². The fraction of sp³-hybridized carbons (Fsp3) is 0.438. The fourth-order valence-electron chi connectivity index (χ4n) is 2.86. The molecule has 1 atom stereocenters. The third-order valence-electron chi connectivity index (χ3n) is 4.24. The summed E-state index contributed by atoms with van der Waals surface area (Å²) in [4.78, 5) is 28.4. The summed E-state index contributed by atoms with van der Waals surface area (Å²) < 4.78 is 0.